The van der Waals surface area contributed by atoms with Crippen LogP contribution in [0.25, 0.3) is 17.0 Å². The van der Waals surface area contributed by atoms with Gasteiger partial charge in [0.2, 0.25) is 17.6 Å². The second kappa shape index (κ2) is 7.19. The largest absolute Gasteiger partial charge is 0.339 e. The van der Waals surface area contributed by atoms with E-state index in [4.69, 9.17) is 4.52 Å². The Morgan fingerprint density at radius 1 is 1.26 bits per heavy atom. The van der Waals surface area contributed by atoms with Gasteiger partial charge >= 0.3 is 0 Å². The number of nitrogens with zero attached hydrogens (tertiary/aromatic N) is 4. The van der Waals surface area contributed by atoms with E-state index in [1.165, 1.54) is 18.3 Å². The highest BCUT2D eigenvalue weighted by molar-refractivity contribution is 9.10. The summed E-state index contributed by atoms with van der Waals surface area (Å²) in [7, 11) is 0. The molecule has 0 radical (unpaired) electrons. The van der Waals surface area contributed by atoms with Gasteiger partial charge in [0.1, 0.15) is 17.2 Å². The summed E-state index contributed by atoms with van der Waals surface area (Å²) in [5.41, 5.74) is 1.06. The molecular weight excluding hydrogens is 479 g/mol. The number of aromatic nitrogens is 4. The summed E-state index contributed by atoms with van der Waals surface area (Å²) in [6.07, 6.45) is 2.39. The Morgan fingerprint density at radius 2 is 2.06 bits per heavy atom. The minimum atomic E-state index is -2.71. The lowest BCUT2D eigenvalue weighted by Gasteiger charge is -2.31. The molecule has 4 aromatic rings. The molecule has 5 rings (SSSR count). The van der Waals surface area contributed by atoms with Gasteiger partial charge in [-0.25, -0.2) is 18.2 Å². The van der Waals surface area contributed by atoms with Crippen molar-refractivity contribution in [3.8, 4) is 11.4 Å². The molecule has 3 aromatic heterocycles. The number of halogens is 4. The standard InChI is InChI=1S/C20H13BrF3N5O2/c21-12-2-4-16-25-8-15(29(16)9-12)18(30)26-14-5-10(1-3-13(14)22)17-27-19(31-28-17)11-6-20(23,24)7-11/h1-5,8-9,11H,6-7H2,(H,26,30). The van der Waals surface area contributed by atoms with E-state index >= 15 is 0 Å². The molecule has 11 heteroatoms. The van der Waals surface area contributed by atoms with Gasteiger partial charge < -0.3 is 9.84 Å². The van der Waals surface area contributed by atoms with Gasteiger partial charge in [-0.1, -0.05) is 5.16 Å². The number of rotatable bonds is 4. The summed E-state index contributed by atoms with van der Waals surface area (Å²) in [4.78, 5) is 21.0. The van der Waals surface area contributed by atoms with Crippen molar-refractivity contribution in [3.05, 3.63) is 64.6 Å². The first-order valence-electron chi connectivity index (χ1n) is 9.24. The fourth-order valence-corrected chi connectivity index (χ4v) is 3.76. The zero-order valence-corrected chi connectivity index (χ0v) is 17.2. The Kier molecular flexibility index (Phi) is 4.58. The molecule has 158 valence electrons. The maximum atomic E-state index is 14.4. The molecule has 0 saturated heterocycles. The zero-order valence-electron chi connectivity index (χ0n) is 15.7. The topological polar surface area (TPSA) is 85.3 Å². The Morgan fingerprint density at radius 3 is 2.84 bits per heavy atom. The summed E-state index contributed by atoms with van der Waals surface area (Å²) in [6, 6.07) is 7.45. The van der Waals surface area contributed by atoms with Crippen LogP contribution >= 0.6 is 15.9 Å². The first kappa shape index (κ1) is 19.7. The maximum Gasteiger partial charge on any atom is 0.274 e. The lowest BCUT2D eigenvalue weighted by atomic mass is 9.81. The second-order valence-corrected chi connectivity index (χ2v) is 8.20. The van der Waals surface area contributed by atoms with Gasteiger partial charge in [0.25, 0.3) is 5.91 Å². The number of pyridine rings is 1. The van der Waals surface area contributed by atoms with E-state index in [0.717, 1.165) is 10.5 Å². The van der Waals surface area contributed by atoms with Crippen LogP contribution in [0.5, 0.6) is 0 Å². The molecule has 31 heavy (non-hydrogen) atoms. The third kappa shape index (κ3) is 3.69. The number of alkyl halides is 2. The average Bonchev–Trinajstić information content (AvgIpc) is 3.34. The molecular formula is C20H13BrF3N5O2. The average molecular weight is 492 g/mol. The number of fused-ring (bicyclic) bond motifs is 1. The van der Waals surface area contributed by atoms with Gasteiger partial charge in [0.05, 0.1) is 11.9 Å². The number of imidazole rings is 1. The quantitative estimate of drug-likeness (QED) is 0.431. The minimum absolute atomic E-state index is 0.0889. The normalized spacial score (nSPS) is 15.7. The molecule has 1 aromatic carbocycles. The Labute approximate surface area is 181 Å². The Bertz CT molecular complexity index is 1310. The van der Waals surface area contributed by atoms with Crippen LogP contribution in [0.4, 0.5) is 18.9 Å². The summed E-state index contributed by atoms with van der Waals surface area (Å²) < 4.78 is 47.9. The van der Waals surface area contributed by atoms with Crippen molar-refractivity contribution >= 4 is 33.2 Å². The van der Waals surface area contributed by atoms with Crippen molar-refractivity contribution in [1.29, 1.82) is 0 Å². The number of anilines is 1. The maximum absolute atomic E-state index is 14.4. The summed E-state index contributed by atoms with van der Waals surface area (Å²) in [6.45, 7) is 0. The van der Waals surface area contributed by atoms with Gasteiger partial charge in [-0.2, -0.15) is 4.98 Å². The fourth-order valence-electron chi connectivity index (χ4n) is 3.42. The SMILES string of the molecule is O=C(Nc1cc(-c2noc(C3CC(F)(F)C3)n2)ccc1F)c1cnc2ccc(Br)cn12. The number of nitrogens with one attached hydrogen (secondary N) is 1. The van der Waals surface area contributed by atoms with Crippen LogP contribution in [-0.4, -0.2) is 31.4 Å². The van der Waals surface area contributed by atoms with Crippen LogP contribution < -0.4 is 5.32 Å². The third-order valence-corrected chi connectivity index (χ3v) is 5.53. The molecule has 1 aliphatic rings. The van der Waals surface area contributed by atoms with E-state index in [1.807, 2.05) is 0 Å². The molecule has 1 saturated carbocycles. The van der Waals surface area contributed by atoms with Crippen molar-refractivity contribution in [2.75, 3.05) is 5.32 Å². The molecule has 7 nitrogen and oxygen atoms in total. The molecule has 1 aliphatic carbocycles. The number of carbonyl (C=O) groups excluding carboxylic acids is 1. The fraction of sp³-hybridized carbons (Fsp3) is 0.200. The highest BCUT2D eigenvalue weighted by Crippen LogP contribution is 2.47. The predicted molar refractivity (Wildman–Crippen MR) is 107 cm³/mol. The van der Waals surface area contributed by atoms with E-state index in [9.17, 15) is 18.0 Å². The smallest absolute Gasteiger partial charge is 0.274 e. The Hall–Kier alpha value is -3.21. The van der Waals surface area contributed by atoms with Crippen LogP contribution in [-0.2, 0) is 0 Å². The van der Waals surface area contributed by atoms with E-state index < -0.39 is 23.6 Å². The molecule has 0 atom stereocenters. The lowest BCUT2D eigenvalue weighted by Crippen LogP contribution is -2.33. The predicted octanol–water partition coefficient (Wildman–Crippen LogP) is 5.05. The molecule has 1 fully saturated rings. The van der Waals surface area contributed by atoms with Crippen LogP contribution in [0, 0.1) is 5.82 Å². The molecule has 1 N–H and O–H groups in total. The number of hydrogen-bond acceptors (Lipinski definition) is 5. The van der Waals surface area contributed by atoms with E-state index in [-0.39, 0.29) is 35.9 Å². The first-order valence-corrected chi connectivity index (χ1v) is 10.0. The molecule has 0 aliphatic heterocycles. The number of amides is 1. The van der Waals surface area contributed by atoms with Gasteiger partial charge in [-0.05, 0) is 46.3 Å². The van der Waals surface area contributed by atoms with E-state index in [1.54, 1.807) is 22.7 Å². The van der Waals surface area contributed by atoms with Crippen LogP contribution in [0.2, 0.25) is 0 Å². The minimum Gasteiger partial charge on any atom is -0.339 e. The van der Waals surface area contributed by atoms with Gasteiger partial charge in [-0.15, -0.1) is 0 Å². The number of hydrogen-bond donors (Lipinski definition) is 1. The third-order valence-electron chi connectivity index (χ3n) is 5.06. The van der Waals surface area contributed by atoms with Gasteiger partial charge in [0, 0.05) is 35.0 Å². The van der Waals surface area contributed by atoms with Crippen molar-refractivity contribution in [2.45, 2.75) is 24.7 Å². The van der Waals surface area contributed by atoms with Crippen LogP contribution in [0.15, 0.2) is 51.7 Å². The Balaban J connectivity index is 1.39. The molecule has 0 unspecified atom stereocenters. The van der Waals surface area contributed by atoms with Crippen molar-refractivity contribution < 1.29 is 22.5 Å². The molecule has 0 bridgehead atoms. The molecule has 1 amide bonds. The number of benzene rings is 1. The van der Waals surface area contributed by atoms with Crippen LogP contribution in [0.3, 0.4) is 0 Å². The highest BCUT2D eigenvalue weighted by Gasteiger charge is 2.48. The summed E-state index contributed by atoms with van der Waals surface area (Å²) in [5.74, 6) is -4.18. The molecule has 0 spiro atoms. The number of carbonyl (C=O) groups is 1. The summed E-state index contributed by atoms with van der Waals surface area (Å²) in [5, 5.41) is 6.32. The highest BCUT2D eigenvalue weighted by atomic mass is 79.9. The lowest BCUT2D eigenvalue weighted by molar-refractivity contribution is -0.0925. The zero-order chi connectivity index (χ0) is 21.8. The second-order valence-electron chi connectivity index (χ2n) is 7.29. The van der Waals surface area contributed by atoms with E-state index in [0.29, 0.717) is 11.2 Å². The van der Waals surface area contributed by atoms with Crippen molar-refractivity contribution in [1.82, 2.24) is 19.5 Å². The van der Waals surface area contributed by atoms with Crippen LogP contribution in [0.1, 0.15) is 35.1 Å². The monoisotopic (exact) mass is 491 g/mol. The van der Waals surface area contributed by atoms with Crippen molar-refractivity contribution in [2.24, 2.45) is 0 Å². The molecule has 3 heterocycles. The van der Waals surface area contributed by atoms with Crippen molar-refractivity contribution in [3.63, 3.8) is 0 Å². The van der Waals surface area contributed by atoms with Gasteiger partial charge in [-0.3, -0.25) is 9.20 Å². The summed E-state index contributed by atoms with van der Waals surface area (Å²) >= 11 is 3.34. The van der Waals surface area contributed by atoms with E-state index in [2.05, 4.69) is 36.4 Å². The first-order chi connectivity index (χ1) is 14.8. The van der Waals surface area contributed by atoms with Gasteiger partial charge in [0.15, 0.2) is 0 Å².